The predicted molar refractivity (Wildman–Crippen MR) is 120 cm³/mol. The average Bonchev–Trinajstić information content (AvgIpc) is 2.54. The van der Waals surface area contributed by atoms with Crippen molar-refractivity contribution in [2.45, 2.75) is 111 Å². The van der Waals surface area contributed by atoms with E-state index in [2.05, 4.69) is 18.6 Å². The van der Waals surface area contributed by atoms with Gasteiger partial charge >= 0.3 is 23.1 Å². The Bertz CT molecular complexity index is 453. The van der Waals surface area contributed by atoms with E-state index < -0.39 is 27.1 Å². The third-order valence-electron chi connectivity index (χ3n) is 3.36. The second-order valence-electron chi connectivity index (χ2n) is 6.45. The molecule has 0 aliphatic rings. The monoisotopic (exact) mass is 506 g/mol. The maximum Gasteiger partial charge on any atom is 2.00 e. The Balaban J connectivity index is -0.000000110. The number of hydrogen-bond acceptors (Lipinski definition) is 8. The second-order valence-corrected chi connectivity index (χ2v) is 8.16. The predicted octanol–water partition coefficient (Wildman–Crippen LogP) is 3.70. The molecular weight excluding hydrogens is 465 g/mol. The first-order valence-electron chi connectivity index (χ1n) is 10.3. The molecule has 13 heteroatoms. The number of rotatable bonds is 13. The van der Waals surface area contributed by atoms with Crippen LogP contribution in [0.3, 0.4) is 0 Å². The number of hydrogen-bond donors (Lipinski definition) is 3. The van der Waals surface area contributed by atoms with E-state index in [1.165, 1.54) is 77.0 Å². The van der Waals surface area contributed by atoms with Gasteiger partial charge in [-0.1, -0.05) is 90.9 Å². The van der Waals surface area contributed by atoms with Gasteiger partial charge in [-0.3, -0.25) is 9.11 Å². The van der Waals surface area contributed by atoms with Crippen molar-refractivity contribution >= 4 is 43.9 Å². The zero-order valence-corrected chi connectivity index (χ0v) is 22.5. The second kappa shape index (κ2) is 30.4. The van der Waals surface area contributed by atoms with Crippen LogP contribution in [-0.2, 0) is 25.5 Å². The van der Waals surface area contributed by atoms with E-state index in [0.717, 1.165) is 0 Å². The number of aliphatic hydroxyl groups excluding tert-OH is 1. The molecular formula is C18H42MgO10S2. The maximum absolute atomic E-state index is 8.63. The first-order valence-corrected chi connectivity index (χ1v) is 13.1. The van der Waals surface area contributed by atoms with Crippen molar-refractivity contribution < 1.29 is 44.9 Å². The Kier molecular flexibility index (Phi) is 40.9. The van der Waals surface area contributed by atoms with Crippen molar-refractivity contribution in [2.24, 2.45) is 0 Å². The van der Waals surface area contributed by atoms with E-state index >= 15 is 0 Å². The summed E-state index contributed by atoms with van der Waals surface area (Å²) in [6, 6.07) is 0. The minimum Gasteiger partial charge on any atom is -0.726 e. The fraction of sp³-hybridized carbons (Fsp3) is 1.00. The SMILES string of the molecule is CCCCCCCCCCCCCC.CCOC(C)O.O=S(=O)([O-])O.O=S(=O)([O-])O.[Mg+2]. The molecule has 0 radical (unpaired) electrons. The molecule has 0 saturated carbocycles. The van der Waals surface area contributed by atoms with Gasteiger partial charge < -0.3 is 18.9 Å². The number of aliphatic hydroxyl groups is 1. The van der Waals surface area contributed by atoms with Gasteiger partial charge in [0.05, 0.1) is 0 Å². The summed E-state index contributed by atoms with van der Waals surface area (Å²) in [4.78, 5) is 0. The Hall–Kier alpha value is 0.426. The summed E-state index contributed by atoms with van der Waals surface area (Å²) < 4.78 is 70.3. The number of ether oxygens (including phenoxy) is 1. The fourth-order valence-electron chi connectivity index (χ4n) is 2.16. The van der Waals surface area contributed by atoms with Gasteiger partial charge in [-0.05, 0) is 13.8 Å². The smallest absolute Gasteiger partial charge is 0.726 e. The van der Waals surface area contributed by atoms with Gasteiger partial charge in [0.15, 0.2) is 6.29 Å². The van der Waals surface area contributed by atoms with Crippen molar-refractivity contribution in [3.05, 3.63) is 0 Å². The largest absolute Gasteiger partial charge is 2.00 e. The summed E-state index contributed by atoms with van der Waals surface area (Å²) in [5.74, 6) is 0. The standard InChI is InChI=1S/C14H30.C4H10O2.Mg.2H2O4S/c1-3-5-7-9-11-13-14-12-10-8-6-4-2;1-3-6-4(2)5;;2*1-5(2,3)4/h3-14H2,1-2H3;4-5H,3H2,1-2H3;;2*(H2,1,2,3,4)/q;;+2;;/p-2. The van der Waals surface area contributed by atoms with Gasteiger partial charge in [0, 0.05) is 6.61 Å². The first kappa shape index (κ1) is 41.7. The van der Waals surface area contributed by atoms with Gasteiger partial charge in [-0.25, -0.2) is 16.8 Å². The van der Waals surface area contributed by atoms with E-state index in [1.54, 1.807) is 6.92 Å². The van der Waals surface area contributed by atoms with Crippen LogP contribution in [0.2, 0.25) is 0 Å². The molecule has 0 spiro atoms. The maximum atomic E-state index is 8.63. The average molecular weight is 507 g/mol. The van der Waals surface area contributed by atoms with Gasteiger partial charge in [0.25, 0.3) is 0 Å². The summed E-state index contributed by atoms with van der Waals surface area (Å²) in [7, 11) is -9.83. The molecule has 0 aliphatic heterocycles. The Morgan fingerprint density at radius 1 is 0.677 bits per heavy atom. The van der Waals surface area contributed by atoms with Crippen molar-refractivity contribution in [1.82, 2.24) is 0 Å². The summed E-state index contributed by atoms with van der Waals surface area (Å²) >= 11 is 0. The van der Waals surface area contributed by atoms with E-state index in [4.69, 9.17) is 40.2 Å². The van der Waals surface area contributed by atoms with Crippen LogP contribution in [0.1, 0.15) is 105 Å². The zero-order chi connectivity index (χ0) is 24.5. The van der Waals surface area contributed by atoms with Crippen molar-refractivity contribution in [2.75, 3.05) is 6.61 Å². The van der Waals surface area contributed by atoms with Crippen LogP contribution in [0.5, 0.6) is 0 Å². The molecule has 10 nitrogen and oxygen atoms in total. The van der Waals surface area contributed by atoms with E-state index in [1.807, 2.05) is 6.92 Å². The van der Waals surface area contributed by atoms with Crippen molar-refractivity contribution in [3.8, 4) is 0 Å². The number of unbranched alkanes of at least 4 members (excludes halogenated alkanes) is 11. The van der Waals surface area contributed by atoms with E-state index in [0.29, 0.717) is 6.61 Å². The van der Waals surface area contributed by atoms with Crippen LogP contribution < -0.4 is 0 Å². The Labute approximate surface area is 205 Å². The zero-order valence-electron chi connectivity index (χ0n) is 19.5. The molecule has 0 aromatic rings. The van der Waals surface area contributed by atoms with Crippen LogP contribution in [0, 0.1) is 0 Å². The normalized spacial score (nSPS) is 11.4. The molecule has 1 atom stereocenters. The van der Waals surface area contributed by atoms with Gasteiger partial charge in [-0.2, -0.15) is 0 Å². The summed E-state index contributed by atoms with van der Waals surface area (Å²) in [5, 5.41) is 8.33. The minimum absolute atomic E-state index is 0. The van der Waals surface area contributed by atoms with Crippen LogP contribution in [0.25, 0.3) is 0 Å². The van der Waals surface area contributed by atoms with Gasteiger partial charge in [0.1, 0.15) is 0 Å². The Morgan fingerprint density at radius 3 is 0.968 bits per heavy atom. The Morgan fingerprint density at radius 2 is 0.871 bits per heavy atom. The molecule has 0 rings (SSSR count). The molecule has 0 bridgehead atoms. The summed E-state index contributed by atoms with van der Waals surface area (Å²) in [6.45, 7) is 8.58. The quantitative estimate of drug-likeness (QED) is 0.109. The van der Waals surface area contributed by atoms with Crippen LogP contribution in [0.15, 0.2) is 0 Å². The molecule has 3 N–H and O–H groups in total. The minimum atomic E-state index is -4.92. The van der Waals surface area contributed by atoms with E-state index in [-0.39, 0.29) is 23.1 Å². The van der Waals surface area contributed by atoms with Crippen LogP contribution >= 0.6 is 0 Å². The molecule has 0 fully saturated rings. The summed E-state index contributed by atoms with van der Waals surface area (Å²) in [5.41, 5.74) is 0. The molecule has 188 valence electrons. The fourth-order valence-corrected chi connectivity index (χ4v) is 2.16. The van der Waals surface area contributed by atoms with Crippen molar-refractivity contribution in [3.63, 3.8) is 0 Å². The third kappa shape index (κ3) is 118. The molecule has 0 amide bonds. The molecule has 0 aromatic heterocycles. The topological polar surface area (TPSA) is 184 Å². The summed E-state index contributed by atoms with van der Waals surface area (Å²) in [6.07, 6.45) is 16.8. The van der Waals surface area contributed by atoms with Crippen molar-refractivity contribution in [1.29, 1.82) is 0 Å². The molecule has 0 heterocycles. The molecule has 31 heavy (non-hydrogen) atoms. The molecule has 0 aliphatic carbocycles. The van der Waals surface area contributed by atoms with Gasteiger partial charge in [-0.15, -0.1) is 0 Å². The molecule has 0 aromatic carbocycles. The van der Waals surface area contributed by atoms with Crippen LogP contribution in [0.4, 0.5) is 0 Å². The molecule has 1 unspecified atom stereocenters. The molecule has 0 saturated heterocycles. The van der Waals surface area contributed by atoms with Gasteiger partial charge in [0.2, 0.25) is 20.8 Å². The van der Waals surface area contributed by atoms with E-state index in [9.17, 15) is 0 Å². The van der Waals surface area contributed by atoms with Crippen LogP contribution in [-0.4, -0.2) is 76.1 Å². The third-order valence-corrected chi connectivity index (χ3v) is 3.36. The first-order chi connectivity index (χ1) is 13.7.